The number of fused-ring (bicyclic) bond motifs is 2. The van der Waals surface area contributed by atoms with Crippen molar-refractivity contribution in [2.24, 2.45) is 39.8 Å². The number of amides is 2. The van der Waals surface area contributed by atoms with Crippen molar-refractivity contribution in [2.75, 3.05) is 26.4 Å². The maximum atomic E-state index is 14.5. The molecule has 4 aromatic rings. The third kappa shape index (κ3) is 30.5. The first-order valence-corrected chi connectivity index (χ1v) is 54.5. The minimum atomic E-state index is -4.28. The Bertz CT molecular complexity index is 4470. The van der Waals surface area contributed by atoms with E-state index in [1.54, 1.807) is 20.8 Å². The smallest absolute Gasteiger partial charge is 0.462 e. The van der Waals surface area contributed by atoms with Gasteiger partial charge in [0.15, 0.2) is 41.8 Å². The molecule has 4 fully saturated rings. The molecule has 0 radical (unpaired) electrons. The SMILES string of the molecule is CCC(=O)O[C@H](CC)CC(=O)NC1[C@H](OCC2OC(O[Si](C)(C)C(C)(C)C)C(N=[N+]=[N-])[C@@H](O)[C@@H]2C)OC(COCc2ccccc2)[C@@H](OP2(=O)OCc3ccccc3CO2)[C@@H]1C.CCC(=O)O[C@H](CC)CC(=O)NC1[C@H](OCC2OC(O[Si](C)(C)C(C)(C)C)C(N=[N+]=[N-])[C@@H](OC(=O)C[C@H](C)CC)[C@@H]2C)OC(COCc2ccccc2)[C@@H](OP2(=O)OCc3ccccc3CO2)[C@@H]1C. The highest BCUT2D eigenvalue weighted by atomic mass is 31.2. The van der Waals surface area contributed by atoms with E-state index in [0.717, 1.165) is 39.8 Å². The highest BCUT2D eigenvalue weighted by Crippen LogP contribution is 2.58. The van der Waals surface area contributed by atoms with Gasteiger partial charge in [-0.2, -0.15) is 0 Å². The maximum absolute atomic E-state index is 14.5. The van der Waals surface area contributed by atoms with Gasteiger partial charge in [0.05, 0.1) is 109 Å². The first-order valence-electron chi connectivity index (χ1n) is 45.8. The van der Waals surface area contributed by atoms with Gasteiger partial charge in [-0.25, -0.2) is 9.13 Å². The topological polar surface area (TPSA) is 437 Å². The quantitative estimate of drug-likeness (QED) is 0.00708. The van der Waals surface area contributed by atoms with Crippen LogP contribution in [0.1, 0.15) is 196 Å². The van der Waals surface area contributed by atoms with Crippen LogP contribution in [0, 0.1) is 29.6 Å². The van der Waals surface area contributed by atoms with E-state index in [0.29, 0.717) is 12.8 Å². The summed E-state index contributed by atoms with van der Waals surface area (Å²) < 4.78 is 148. The molecule has 23 atom stereocenters. The van der Waals surface area contributed by atoms with E-state index in [2.05, 4.69) is 72.2 Å². The minimum Gasteiger partial charge on any atom is -0.462 e. The molecule has 0 aromatic heterocycles. The van der Waals surface area contributed by atoms with Crippen LogP contribution in [0.5, 0.6) is 0 Å². The molecular formula is C92H140N8O27P2Si2. The molecule has 2 amide bonds. The number of esters is 3. The molecule has 35 nitrogen and oxygen atoms in total. The fourth-order valence-corrected chi connectivity index (χ4v) is 20.3. The number of hydrogen-bond donors (Lipinski definition) is 3. The second-order valence-corrected chi connectivity index (χ2v) is 50.3. The van der Waals surface area contributed by atoms with Crippen molar-refractivity contribution in [1.29, 1.82) is 0 Å². The van der Waals surface area contributed by atoms with E-state index < -0.39 is 196 Å². The molecule has 3 N–H and O–H groups in total. The average molecular weight is 1910 g/mol. The lowest BCUT2D eigenvalue weighted by molar-refractivity contribution is -0.282. The molecule has 0 saturated carbocycles. The van der Waals surface area contributed by atoms with Gasteiger partial charge < -0.3 is 76.7 Å². The summed E-state index contributed by atoms with van der Waals surface area (Å²) in [4.78, 5) is 72.0. The van der Waals surface area contributed by atoms with Gasteiger partial charge in [0.25, 0.3) is 0 Å². The Kier molecular flexibility index (Phi) is 40.9. The zero-order chi connectivity index (χ0) is 95.8. The lowest BCUT2D eigenvalue weighted by atomic mass is 9.88. The van der Waals surface area contributed by atoms with Crippen molar-refractivity contribution in [3.05, 3.63) is 163 Å². The lowest BCUT2D eigenvalue weighted by Gasteiger charge is -2.48. The normalized spacial score (nSPS) is 28.6. The second kappa shape index (κ2) is 49.7. The van der Waals surface area contributed by atoms with Gasteiger partial charge in [-0.1, -0.05) is 237 Å². The van der Waals surface area contributed by atoms with Crippen LogP contribution in [-0.2, 0) is 161 Å². The number of ether oxygens (including phenoxy) is 11. The van der Waals surface area contributed by atoms with Crippen LogP contribution in [0.25, 0.3) is 20.9 Å². The minimum absolute atomic E-state index is 0.0164. The first kappa shape index (κ1) is 108. The van der Waals surface area contributed by atoms with E-state index in [1.165, 1.54) is 0 Å². The van der Waals surface area contributed by atoms with Crippen LogP contribution in [-0.4, -0.2) is 188 Å². The predicted octanol–water partition coefficient (Wildman–Crippen LogP) is 17.7. The molecule has 6 aliphatic heterocycles. The number of nitrogens with zero attached hydrogens (tertiary/aromatic N) is 6. The number of carbonyl (C=O) groups is 5. The van der Waals surface area contributed by atoms with E-state index in [1.807, 2.05) is 184 Å². The van der Waals surface area contributed by atoms with Crippen molar-refractivity contribution in [1.82, 2.24) is 10.6 Å². The molecule has 39 heteroatoms. The third-order valence-electron chi connectivity index (χ3n) is 25.9. The number of aliphatic hydroxyl groups excluding tert-OH is 1. The fourth-order valence-electron chi connectivity index (χ4n) is 15.2. The Balaban J connectivity index is 0.000000297. The molecule has 728 valence electrons. The molecule has 6 aliphatic rings. The van der Waals surface area contributed by atoms with Gasteiger partial charge in [0, 0.05) is 52.8 Å². The first-order chi connectivity index (χ1) is 62.1. The summed E-state index contributed by atoms with van der Waals surface area (Å²) in [6.07, 6.45) is -11.8. The van der Waals surface area contributed by atoms with E-state index in [9.17, 15) is 49.3 Å². The van der Waals surface area contributed by atoms with Gasteiger partial charge in [-0.15, -0.1) is 0 Å². The van der Waals surface area contributed by atoms with Crippen molar-refractivity contribution in [3.8, 4) is 0 Å². The second-order valence-electron chi connectivity index (χ2n) is 37.6. The lowest BCUT2D eigenvalue weighted by Crippen LogP contribution is -2.63. The van der Waals surface area contributed by atoms with Gasteiger partial charge in [0.1, 0.15) is 54.8 Å². The van der Waals surface area contributed by atoms with E-state index >= 15 is 0 Å². The fraction of sp³-hybridized carbons (Fsp3) is 0.685. The molecule has 131 heavy (non-hydrogen) atoms. The van der Waals surface area contributed by atoms with Crippen LogP contribution in [0.4, 0.5) is 0 Å². The van der Waals surface area contributed by atoms with E-state index in [4.69, 9.17) is 88.1 Å². The number of carbonyl (C=O) groups excluding carboxylic acids is 5. The molecule has 0 aliphatic carbocycles. The molecule has 6 heterocycles. The summed E-state index contributed by atoms with van der Waals surface area (Å²) in [5.41, 5.74) is 24.3. The molecule has 4 aromatic carbocycles. The van der Waals surface area contributed by atoms with Crippen molar-refractivity contribution in [3.63, 3.8) is 0 Å². The van der Waals surface area contributed by atoms with Crippen LogP contribution in [0.15, 0.2) is 119 Å². The number of benzene rings is 4. The summed E-state index contributed by atoms with van der Waals surface area (Å²) in [6.45, 7) is 38.7. The van der Waals surface area contributed by atoms with E-state index in [-0.39, 0.29) is 114 Å². The Morgan fingerprint density at radius 3 is 1.20 bits per heavy atom. The summed E-state index contributed by atoms with van der Waals surface area (Å²) in [5.74, 6) is -4.71. The van der Waals surface area contributed by atoms with Gasteiger partial charge in [0.2, 0.25) is 11.8 Å². The molecular weight excluding hydrogens is 1770 g/mol. The largest absolute Gasteiger partial charge is 0.475 e. The number of azide groups is 2. The zero-order valence-corrected chi connectivity index (χ0v) is 83.3. The van der Waals surface area contributed by atoms with Crippen molar-refractivity contribution in [2.45, 2.75) is 348 Å². The number of hydrogen-bond acceptors (Lipinski definition) is 29. The van der Waals surface area contributed by atoms with Gasteiger partial charge in [-0.05, 0) is 99.5 Å². The Labute approximate surface area is 773 Å². The van der Waals surface area contributed by atoms with Crippen LogP contribution < -0.4 is 10.6 Å². The average Bonchev–Trinajstić information content (AvgIpc) is 1.45. The summed E-state index contributed by atoms with van der Waals surface area (Å²) in [7, 11) is -13.6. The highest BCUT2D eigenvalue weighted by molar-refractivity contribution is 7.48. The molecule has 10 unspecified atom stereocenters. The molecule has 0 bridgehead atoms. The third-order valence-corrected chi connectivity index (χ3v) is 37.6. The summed E-state index contributed by atoms with van der Waals surface area (Å²) >= 11 is 0. The summed E-state index contributed by atoms with van der Waals surface area (Å²) in [6, 6.07) is 30.1. The van der Waals surface area contributed by atoms with Crippen molar-refractivity contribution < 1.29 is 126 Å². The Morgan fingerprint density at radius 2 is 0.840 bits per heavy atom. The number of phosphoric acid groups is 2. The van der Waals surface area contributed by atoms with Gasteiger partial charge in [-0.3, -0.25) is 51.1 Å². The highest BCUT2D eigenvalue weighted by Gasteiger charge is 2.56. The summed E-state index contributed by atoms with van der Waals surface area (Å²) in [5, 5.41) is 25.1. The Morgan fingerprint density at radius 1 is 0.481 bits per heavy atom. The van der Waals surface area contributed by atoms with Gasteiger partial charge >= 0.3 is 33.6 Å². The predicted molar refractivity (Wildman–Crippen MR) is 489 cm³/mol. The van der Waals surface area contributed by atoms with Crippen LogP contribution in [0.2, 0.25) is 36.3 Å². The molecule has 10 rings (SSSR count). The maximum Gasteiger partial charge on any atom is 0.475 e. The monoisotopic (exact) mass is 1910 g/mol. The van der Waals surface area contributed by atoms with Crippen LogP contribution in [0.3, 0.4) is 0 Å². The number of aliphatic hydroxyl groups is 1. The molecule has 0 spiro atoms. The number of phosphoric ester groups is 2. The van der Waals surface area contributed by atoms with Crippen molar-refractivity contribution >= 4 is 62.0 Å². The molecule has 4 saturated heterocycles. The van der Waals surface area contributed by atoms with Crippen LogP contribution >= 0.6 is 15.6 Å². The zero-order valence-electron chi connectivity index (χ0n) is 79.5. The number of nitrogens with one attached hydrogen (secondary N) is 2. The number of rotatable bonds is 40. The Hall–Kier alpha value is -6.94. The standard InChI is InChI=1S/C49H75N4O14PSi.C43H65N4O13PSi/c1-12-31(4)24-42(56)65-46-32(5)38(63-48(44(46)52-53-50)67-69(10,11)49(7,8)9)30-59-47-43(51-40(54)25-37(13-2)62-41(55)14-3)33(6)45(39(64-47)29-58-26-34-20-16-15-17-21-34)66-68(57)60-27-35-22-18-19-23-36(35)28-61-68;1-10-32(56-36(49)11-2)21-35(48)45-37-28(4)40(59-61(51)54-23-30-19-15-16-20-31(30)24-55-61)34(25-52-22-29-17-13-12-14-18-29)58-41(37)53-26-33-27(3)39(50)38(46-47-44)42(57-33)60-62(8,9)43(5,6)7/h15-23,31-33,37-39,43-48H,12-14,24-30H2,1-11H3,(H,51,54);12-20,27-28,32-34,37-42,50H,10-11,21-26H2,1-9H3,(H,45,48)/t31-,32-,33-,37-,38?,39?,43?,44?,45+,46+,47-,48?;27-,28-,32-,33?,34?,37?,38?,39+,40+,41-,42?/m11/s1.